The van der Waals surface area contributed by atoms with Crippen LogP contribution in [-0.2, 0) is 26.2 Å². The summed E-state index contributed by atoms with van der Waals surface area (Å²) in [6, 6.07) is 18.4. The Balaban J connectivity index is 2.08. The number of benzene rings is 3. The second-order valence-electron chi connectivity index (χ2n) is 9.82. The zero-order chi connectivity index (χ0) is 30.2. The van der Waals surface area contributed by atoms with Gasteiger partial charge in [-0.25, -0.2) is 8.42 Å². The molecule has 0 unspecified atom stereocenters. The lowest BCUT2D eigenvalue weighted by molar-refractivity contribution is -0.140. The van der Waals surface area contributed by atoms with Gasteiger partial charge in [-0.3, -0.25) is 13.9 Å². The van der Waals surface area contributed by atoms with Crippen molar-refractivity contribution in [3.05, 3.63) is 88.4 Å². The van der Waals surface area contributed by atoms with E-state index in [-0.39, 0.29) is 34.0 Å². The summed E-state index contributed by atoms with van der Waals surface area (Å²) in [4.78, 5) is 28.8. The zero-order valence-electron chi connectivity index (χ0n) is 23.5. The van der Waals surface area contributed by atoms with Crippen LogP contribution in [0.15, 0.2) is 77.7 Å². The molecule has 2 amide bonds. The molecular formula is C30H35Cl2N3O5S. The predicted octanol–water partition coefficient (Wildman–Crippen LogP) is 5.78. The Morgan fingerprint density at radius 2 is 1.61 bits per heavy atom. The lowest BCUT2D eigenvalue weighted by Crippen LogP contribution is -2.52. The van der Waals surface area contributed by atoms with Gasteiger partial charge >= 0.3 is 0 Å². The van der Waals surface area contributed by atoms with Gasteiger partial charge in [0.2, 0.25) is 11.8 Å². The first-order chi connectivity index (χ1) is 19.5. The van der Waals surface area contributed by atoms with Gasteiger partial charge in [0.05, 0.1) is 22.7 Å². The summed E-state index contributed by atoms with van der Waals surface area (Å²) >= 11 is 12.8. The molecule has 3 aromatic carbocycles. The monoisotopic (exact) mass is 619 g/mol. The van der Waals surface area contributed by atoms with Gasteiger partial charge in [-0.15, -0.1) is 0 Å². The maximum atomic E-state index is 14.1. The van der Waals surface area contributed by atoms with Gasteiger partial charge in [0, 0.05) is 18.1 Å². The van der Waals surface area contributed by atoms with Crippen molar-refractivity contribution in [2.75, 3.05) is 24.5 Å². The van der Waals surface area contributed by atoms with E-state index in [1.807, 2.05) is 13.8 Å². The van der Waals surface area contributed by atoms with Crippen LogP contribution in [-0.4, -0.2) is 51.4 Å². The number of nitrogens with one attached hydrogen (secondary N) is 1. The molecule has 11 heteroatoms. The molecule has 8 nitrogen and oxygen atoms in total. The first kappa shape index (κ1) is 32.2. The third-order valence-corrected chi connectivity index (χ3v) is 8.85. The van der Waals surface area contributed by atoms with Crippen LogP contribution in [0, 0.1) is 5.92 Å². The standard InChI is InChI=1S/C30H35Cl2N3O5S/c1-5-27(30(37)33-18-21(2)3)34(19-22-11-9-10-14-25(22)31)29(36)20-35(23-15-16-28(40-4)26(32)17-23)41(38,39)24-12-7-6-8-13-24/h6-17,21,27H,5,18-20H2,1-4H3,(H,33,37)/t27-/m0/s1. The summed E-state index contributed by atoms with van der Waals surface area (Å²) in [5.41, 5.74) is 0.797. The number of ether oxygens (including phenoxy) is 1. The van der Waals surface area contributed by atoms with Crippen molar-refractivity contribution in [1.29, 1.82) is 0 Å². The van der Waals surface area contributed by atoms with Crippen molar-refractivity contribution in [1.82, 2.24) is 10.2 Å². The Bertz CT molecular complexity index is 1450. The van der Waals surface area contributed by atoms with Crippen molar-refractivity contribution in [3.8, 4) is 5.75 Å². The van der Waals surface area contributed by atoms with Crippen LogP contribution in [0.4, 0.5) is 5.69 Å². The van der Waals surface area contributed by atoms with Gasteiger partial charge in [-0.1, -0.05) is 80.4 Å². The minimum absolute atomic E-state index is 0.000822. The molecule has 0 saturated carbocycles. The lowest BCUT2D eigenvalue weighted by atomic mass is 10.1. The number of methoxy groups -OCH3 is 1. The lowest BCUT2D eigenvalue weighted by Gasteiger charge is -2.33. The van der Waals surface area contributed by atoms with E-state index in [9.17, 15) is 18.0 Å². The van der Waals surface area contributed by atoms with Crippen LogP contribution >= 0.6 is 23.2 Å². The Labute approximate surface area is 252 Å². The summed E-state index contributed by atoms with van der Waals surface area (Å²) < 4.78 is 34.0. The SMILES string of the molecule is CC[C@@H](C(=O)NCC(C)C)N(Cc1ccccc1Cl)C(=O)CN(c1ccc(OC)c(Cl)c1)S(=O)(=O)c1ccccc1. The predicted molar refractivity (Wildman–Crippen MR) is 163 cm³/mol. The minimum Gasteiger partial charge on any atom is -0.495 e. The molecule has 0 fully saturated rings. The number of hydrogen-bond acceptors (Lipinski definition) is 5. The van der Waals surface area contributed by atoms with Gasteiger partial charge in [0.15, 0.2) is 0 Å². The number of carbonyl (C=O) groups excluding carboxylic acids is 2. The first-order valence-corrected chi connectivity index (χ1v) is 15.4. The average molecular weight is 621 g/mol. The maximum Gasteiger partial charge on any atom is 0.264 e. The Morgan fingerprint density at radius 1 is 0.951 bits per heavy atom. The zero-order valence-corrected chi connectivity index (χ0v) is 25.8. The number of nitrogens with zero attached hydrogens (tertiary/aromatic N) is 2. The van der Waals surface area contributed by atoms with Crippen LogP contribution in [0.2, 0.25) is 10.0 Å². The molecule has 0 spiro atoms. The van der Waals surface area contributed by atoms with Crippen molar-refractivity contribution in [3.63, 3.8) is 0 Å². The van der Waals surface area contributed by atoms with Crippen LogP contribution in [0.3, 0.4) is 0 Å². The fourth-order valence-corrected chi connectivity index (χ4v) is 6.09. The van der Waals surface area contributed by atoms with Crippen LogP contribution in [0.5, 0.6) is 5.75 Å². The molecule has 0 heterocycles. The fraction of sp³-hybridized carbons (Fsp3) is 0.333. The van der Waals surface area contributed by atoms with Crippen molar-refractivity contribution >= 4 is 50.7 Å². The van der Waals surface area contributed by atoms with Crippen LogP contribution < -0.4 is 14.4 Å². The molecule has 0 bridgehead atoms. The number of sulfonamides is 1. The molecule has 3 aromatic rings. The molecular weight excluding hydrogens is 585 g/mol. The van der Waals surface area contributed by atoms with E-state index in [1.54, 1.807) is 49.4 Å². The van der Waals surface area contributed by atoms with Gasteiger partial charge in [-0.05, 0) is 54.3 Å². The largest absolute Gasteiger partial charge is 0.495 e. The van der Waals surface area contributed by atoms with E-state index in [2.05, 4.69) is 5.32 Å². The summed E-state index contributed by atoms with van der Waals surface area (Å²) in [6.45, 7) is 5.60. The molecule has 41 heavy (non-hydrogen) atoms. The summed E-state index contributed by atoms with van der Waals surface area (Å²) in [6.07, 6.45) is 0.305. The molecule has 0 aromatic heterocycles. The van der Waals surface area contributed by atoms with Crippen molar-refractivity contribution in [2.45, 2.75) is 44.7 Å². The van der Waals surface area contributed by atoms with E-state index in [0.717, 1.165) is 4.31 Å². The topological polar surface area (TPSA) is 96.0 Å². The highest BCUT2D eigenvalue weighted by molar-refractivity contribution is 7.92. The van der Waals surface area contributed by atoms with Crippen molar-refractivity contribution in [2.24, 2.45) is 5.92 Å². The summed E-state index contributed by atoms with van der Waals surface area (Å²) in [5, 5.41) is 3.51. The average Bonchev–Trinajstić information content (AvgIpc) is 2.95. The molecule has 220 valence electrons. The third kappa shape index (κ3) is 8.15. The highest BCUT2D eigenvalue weighted by Crippen LogP contribution is 2.32. The fourth-order valence-electron chi connectivity index (χ4n) is 4.21. The van der Waals surface area contributed by atoms with Crippen LogP contribution in [0.1, 0.15) is 32.8 Å². The van der Waals surface area contributed by atoms with Gasteiger partial charge < -0.3 is 15.0 Å². The number of amides is 2. The molecule has 3 rings (SSSR count). The van der Waals surface area contributed by atoms with Gasteiger partial charge in [0.25, 0.3) is 10.0 Å². The number of hydrogen-bond donors (Lipinski definition) is 1. The molecule has 0 aliphatic rings. The van der Waals surface area contributed by atoms with E-state index < -0.39 is 28.5 Å². The van der Waals surface area contributed by atoms with E-state index in [0.29, 0.717) is 29.3 Å². The minimum atomic E-state index is -4.21. The summed E-state index contributed by atoms with van der Waals surface area (Å²) in [7, 11) is -2.77. The second kappa shape index (κ2) is 14.6. The molecule has 0 saturated heterocycles. The van der Waals surface area contributed by atoms with E-state index >= 15 is 0 Å². The molecule has 0 radical (unpaired) electrons. The smallest absolute Gasteiger partial charge is 0.264 e. The highest BCUT2D eigenvalue weighted by Gasteiger charge is 2.34. The molecule has 0 aliphatic heterocycles. The number of halogens is 2. The van der Waals surface area contributed by atoms with Crippen LogP contribution in [0.25, 0.3) is 0 Å². The number of carbonyl (C=O) groups is 2. The van der Waals surface area contributed by atoms with E-state index in [4.69, 9.17) is 27.9 Å². The quantitative estimate of drug-likeness (QED) is 0.262. The Morgan fingerprint density at radius 3 is 2.20 bits per heavy atom. The molecule has 0 aliphatic carbocycles. The normalized spacial score (nSPS) is 12.1. The molecule has 1 atom stereocenters. The summed E-state index contributed by atoms with van der Waals surface area (Å²) in [5.74, 6) is -0.350. The first-order valence-electron chi connectivity index (χ1n) is 13.2. The third-order valence-electron chi connectivity index (χ3n) is 6.40. The number of anilines is 1. The van der Waals surface area contributed by atoms with Crippen molar-refractivity contribution < 1.29 is 22.7 Å². The maximum absolute atomic E-state index is 14.1. The second-order valence-corrected chi connectivity index (χ2v) is 12.5. The Kier molecular flexibility index (Phi) is 11.5. The highest BCUT2D eigenvalue weighted by atomic mass is 35.5. The molecule has 1 N–H and O–H groups in total. The Hall–Kier alpha value is -3.27. The van der Waals surface area contributed by atoms with Gasteiger partial charge in [0.1, 0.15) is 18.3 Å². The van der Waals surface area contributed by atoms with E-state index in [1.165, 1.54) is 42.3 Å². The number of rotatable bonds is 13. The van der Waals surface area contributed by atoms with Gasteiger partial charge in [-0.2, -0.15) is 0 Å².